The SMILES string of the molecule is Cc1nc(CNC(=O)C2(C)CCCC2N)cs1. The smallest absolute Gasteiger partial charge is 0.227 e. The summed E-state index contributed by atoms with van der Waals surface area (Å²) in [5.41, 5.74) is 6.54. The van der Waals surface area contributed by atoms with Crippen molar-refractivity contribution in [2.45, 2.75) is 45.7 Å². The summed E-state index contributed by atoms with van der Waals surface area (Å²) < 4.78 is 0. The van der Waals surface area contributed by atoms with Gasteiger partial charge in [0.1, 0.15) is 0 Å². The third-order valence-corrected chi connectivity index (χ3v) is 4.47. The minimum absolute atomic E-state index is 0.0142. The summed E-state index contributed by atoms with van der Waals surface area (Å²) in [5.74, 6) is 0.0631. The lowest BCUT2D eigenvalue weighted by Gasteiger charge is -2.27. The summed E-state index contributed by atoms with van der Waals surface area (Å²) in [4.78, 5) is 16.5. The number of aromatic nitrogens is 1. The first-order valence-electron chi connectivity index (χ1n) is 5.97. The molecule has 1 aromatic rings. The maximum atomic E-state index is 12.1. The van der Waals surface area contributed by atoms with Gasteiger partial charge in [0.15, 0.2) is 0 Å². The molecule has 5 heteroatoms. The number of hydrogen-bond donors (Lipinski definition) is 2. The van der Waals surface area contributed by atoms with E-state index in [0.717, 1.165) is 30.0 Å². The second-order valence-corrected chi connectivity index (χ2v) is 6.02. The van der Waals surface area contributed by atoms with Gasteiger partial charge in [0.25, 0.3) is 0 Å². The molecule has 0 aliphatic heterocycles. The Morgan fingerprint density at radius 3 is 3.06 bits per heavy atom. The van der Waals surface area contributed by atoms with E-state index in [4.69, 9.17) is 5.73 Å². The van der Waals surface area contributed by atoms with Gasteiger partial charge in [-0.2, -0.15) is 0 Å². The molecule has 1 aliphatic rings. The van der Waals surface area contributed by atoms with Crippen LogP contribution < -0.4 is 11.1 Å². The Kier molecular flexibility index (Phi) is 3.49. The summed E-state index contributed by atoms with van der Waals surface area (Å²) in [6, 6.07) is -0.0142. The first-order chi connectivity index (χ1) is 8.02. The number of hydrogen-bond acceptors (Lipinski definition) is 4. The summed E-state index contributed by atoms with van der Waals surface area (Å²) in [7, 11) is 0. The van der Waals surface area contributed by atoms with E-state index in [1.807, 2.05) is 19.2 Å². The standard InChI is InChI=1S/C12H19N3OS/c1-8-15-9(7-17-8)6-14-11(16)12(2)5-3-4-10(12)13/h7,10H,3-6,13H2,1-2H3,(H,14,16). The zero-order valence-corrected chi connectivity index (χ0v) is 11.1. The van der Waals surface area contributed by atoms with Crippen molar-refractivity contribution < 1.29 is 4.79 Å². The van der Waals surface area contributed by atoms with Crippen LogP contribution in [-0.4, -0.2) is 16.9 Å². The molecule has 1 aliphatic carbocycles. The van der Waals surface area contributed by atoms with E-state index < -0.39 is 5.41 Å². The fourth-order valence-electron chi connectivity index (χ4n) is 2.34. The van der Waals surface area contributed by atoms with Crippen LogP contribution in [0.25, 0.3) is 0 Å². The highest BCUT2D eigenvalue weighted by Crippen LogP contribution is 2.36. The largest absolute Gasteiger partial charge is 0.350 e. The van der Waals surface area contributed by atoms with Crippen molar-refractivity contribution in [1.82, 2.24) is 10.3 Å². The first kappa shape index (κ1) is 12.5. The summed E-state index contributed by atoms with van der Waals surface area (Å²) in [6.45, 7) is 4.43. The van der Waals surface area contributed by atoms with E-state index in [9.17, 15) is 4.79 Å². The van der Waals surface area contributed by atoms with Crippen molar-refractivity contribution in [2.24, 2.45) is 11.1 Å². The molecule has 0 saturated heterocycles. The number of aryl methyl sites for hydroxylation is 1. The van der Waals surface area contributed by atoms with Crippen LogP contribution in [0.2, 0.25) is 0 Å². The molecule has 0 spiro atoms. The molecule has 1 aromatic heterocycles. The van der Waals surface area contributed by atoms with Crippen molar-refractivity contribution >= 4 is 17.2 Å². The lowest BCUT2D eigenvalue weighted by molar-refractivity contribution is -0.130. The van der Waals surface area contributed by atoms with Gasteiger partial charge in [-0.1, -0.05) is 6.42 Å². The molecule has 3 N–H and O–H groups in total. The normalized spacial score (nSPS) is 28.3. The maximum Gasteiger partial charge on any atom is 0.227 e. The Hall–Kier alpha value is -0.940. The van der Waals surface area contributed by atoms with Gasteiger partial charge in [0.05, 0.1) is 22.7 Å². The van der Waals surface area contributed by atoms with Crippen molar-refractivity contribution in [1.29, 1.82) is 0 Å². The van der Waals surface area contributed by atoms with E-state index in [0.29, 0.717) is 6.54 Å². The molecule has 2 rings (SSSR count). The van der Waals surface area contributed by atoms with E-state index in [1.54, 1.807) is 11.3 Å². The average Bonchev–Trinajstić information content (AvgIpc) is 2.84. The Labute approximate surface area is 106 Å². The quantitative estimate of drug-likeness (QED) is 0.859. The molecule has 4 nitrogen and oxygen atoms in total. The van der Waals surface area contributed by atoms with Crippen LogP contribution in [0, 0.1) is 12.3 Å². The number of amides is 1. The Morgan fingerprint density at radius 1 is 1.76 bits per heavy atom. The van der Waals surface area contributed by atoms with E-state index in [2.05, 4.69) is 10.3 Å². The molecule has 0 bridgehead atoms. The number of carbonyl (C=O) groups excluding carboxylic acids is 1. The van der Waals surface area contributed by atoms with E-state index >= 15 is 0 Å². The minimum Gasteiger partial charge on any atom is -0.350 e. The highest BCUT2D eigenvalue weighted by atomic mass is 32.1. The van der Waals surface area contributed by atoms with Crippen LogP contribution in [0.1, 0.15) is 36.9 Å². The summed E-state index contributed by atoms with van der Waals surface area (Å²) in [6.07, 6.45) is 2.87. The highest BCUT2D eigenvalue weighted by molar-refractivity contribution is 7.09. The van der Waals surface area contributed by atoms with Gasteiger partial charge in [-0.25, -0.2) is 4.98 Å². The molecule has 17 heavy (non-hydrogen) atoms. The second-order valence-electron chi connectivity index (χ2n) is 4.96. The average molecular weight is 253 g/mol. The monoisotopic (exact) mass is 253 g/mol. The number of thiazole rings is 1. The predicted molar refractivity (Wildman–Crippen MR) is 68.6 cm³/mol. The first-order valence-corrected chi connectivity index (χ1v) is 6.85. The molecule has 0 radical (unpaired) electrons. The number of nitrogens with zero attached hydrogens (tertiary/aromatic N) is 1. The molecule has 94 valence electrons. The number of nitrogens with two attached hydrogens (primary N) is 1. The lowest BCUT2D eigenvalue weighted by Crippen LogP contribution is -2.47. The Morgan fingerprint density at radius 2 is 2.53 bits per heavy atom. The van der Waals surface area contributed by atoms with Crippen LogP contribution in [0.5, 0.6) is 0 Å². The lowest BCUT2D eigenvalue weighted by atomic mass is 9.84. The van der Waals surface area contributed by atoms with Crippen LogP contribution in [0.4, 0.5) is 0 Å². The van der Waals surface area contributed by atoms with Crippen molar-refractivity contribution in [3.8, 4) is 0 Å². The second kappa shape index (κ2) is 4.74. The van der Waals surface area contributed by atoms with Crippen molar-refractivity contribution in [3.05, 3.63) is 16.1 Å². The van der Waals surface area contributed by atoms with Gasteiger partial charge in [0, 0.05) is 11.4 Å². The topological polar surface area (TPSA) is 68.0 Å². The van der Waals surface area contributed by atoms with E-state index in [-0.39, 0.29) is 11.9 Å². The van der Waals surface area contributed by atoms with Gasteiger partial charge >= 0.3 is 0 Å². The third-order valence-electron chi connectivity index (χ3n) is 3.64. The summed E-state index contributed by atoms with van der Waals surface area (Å²) >= 11 is 1.60. The number of nitrogens with one attached hydrogen (secondary N) is 1. The minimum atomic E-state index is -0.398. The van der Waals surface area contributed by atoms with Crippen LogP contribution in [0.15, 0.2) is 5.38 Å². The van der Waals surface area contributed by atoms with Gasteiger partial charge in [-0.05, 0) is 26.7 Å². The van der Waals surface area contributed by atoms with Crippen LogP contribution in [0.3, 0.4) is 0 Å². The highest BCUT2D eigenvalue weighted by Gasteiger charge is 2.42. The zero-order valence-electron chi connectivity index (χ0n) is 10.3. The predicted octanol–water partition coefficient (Wildman–Crippen LogP) is 1.59. The molecule has 1 amide bonds. The van der Waals surface area contributed by atoms with Crippen molar-refractivity contribution in [2.75, 3.05) is 0 Å². The third kappa shape index (κ3) is 2.50. The number of rotatable bonds is 3. The van der Waals surface area contributed by atoms with Crippen molar-refractivity contribution in [3.63, 3.8) is 0 Å². The fraction of sp³-hybridized carbons (Fsp3) is 0.667. The molecule has 2 unspecified atom stereocenters. The molecular weight excluding hydrogens is 234 g/mol. The van der Waals surface area contributed by atoms with Gasteiger partial charge < -0.3 is 11.1 Å². The van der Waals surface area contributed by atoms with Crippen LogP contribution >= 0.6 is 11.3 Å². The Bertz CT molecular complexity index is 418. The van der Waals surface area contributed by atoms with Gasteiger partial charge in [-0.3, -0.25) is 4.79 Å². The maximum absolute atomic E-state index is 12.1. The van der Waals surface area contributed by atoms with Gasteiger partial charge in [-0.15, -0.1) is 11.3 Å². The zero-order chi connectivity index (χ0) is 12.5. The summed E-state index contributed by atoms with van der Waals surface area (Å²) in [5, 5.41) is 5.96. The van der Waals surface area contributed by atoms with Crippen LogP contribution in [-0.2, 0) is 11.3 Å². The molecule has 2 atom stereocenters. The molecule has 1 saturated carbocycles. The van der Waals surface area contributed by atoms with Gasteiger partial charge in [0.2, 0.25) is 5.91 Å². The molecule has 0 aromatic carbocycles. The number of carbonyl (C=O) groups is 1. The molecular formula is C12H19N3OS. The molecule has 1 heterocycles. The molecule has 1 fully saturated rings. The fourth-order valence-corrected chi connectivity index (χ4v) is 2.95. The Balaban J connectivity index is 1.93. The van der Waals surface area contributed by atoms with E-state index in [1.165, 1.54) is 0 Å².